The molecule has 284 valence electrons. The van der Waals surface area contributed by atoms with Gasteiger partial charge in [0.15, 0.2) is 25.0 Å². The zero-order valence-electron chi connectivity index (χ0n) is 29.5. The molecule has 54 heavy (non-hydrogen) atoms. The van der Waals surface area contributed by atoms with E-state index in [1.807, 2.05) is 60.7 Å². The highest BCUT2D eigenvalue weighted by molar-refractivity contribution is 6.21. The quantitative estimate of drug-likeness (QED) is 0.0704. The topological polar surface area (TPSA) is 197 Å². The van der Waals surface area contributed by atoms with Gasteiger partial charge in [-0.3, -0.25) is 19.3 Å². The Kier molecular flexibility index (Phi) is 11.6. The summed E-state index contributed by atoms with van der Waals surface area (Å²) in [6.45, 7) is 2.67. The lowest BCUT2D eigenvalue weighted by Gasteiger charge is -2.52. The van der Waals surface area contributed by atoms with Crippen LogP contribution in [0.1, 0.15) is 52.0 Å². The fourth-order valence-corrected chi connectivity index (χ4v) is 7.19. The third-order valence-corrected chi connectivity index (χ3v) is 9.67. The number of fused-ring (bicyclic) bond motifs is 2. The molecule has 4 aliphatic rings. The number of esters is 1. The Bertz CT molecular complexity index is 1810. The monoisotopic (exact) mass is 744 g/mol. The minimum atomic E-state index is -1.43. The summed E-state index contributed by atoms with van der Waals surface area (Å²) < 4.78 is 50.1. The van der Waals surface area contributed by atoms with Crippen molar-refractivity contribution in [3.05, 3.63) is 118 Å². The summed E-state index contributed by atoms with van der Waals surface area (Å²) in [7, 11) is 0. The summed E-state index contributed by atoms with van der Waals surface area (Å²) in [5, 5.41) is 15.3. The van der Waals surface area contributed by atoms with Crippen molar-refractivity contribution in [1.29, 1.82) is 0 Å². The molecule has 4 heterocycles. The van der Waals surface area contributed by atoms with Gasteiger partial charge in [-0.15, -0.1) is 0 Å². The number of imide groups is 1. The maximum absolute atomic E-state index is 14.1. The molecule has 2 amide bonds. The number of amides is 2. The number of aliphatic hydroxyl groups is 1. The van der Waals surface area contributed by atoms with Gasteiger partial charge in [-0.05, 0) is 30.2 Å². The number of hydrogen-bond acceptors (Lipinski definition) is 13. The lowest BCUT2D eigenvalue weighted by Crippen LogP contribution is -2.70. The molecular formula is C38H40N4O12. The van der Waals surface area contributed by atoms with E-state index in [1.165, 1.54) is 6.92 Å². The zero-order valence-corrected chi connectivity index (χ0v) is 29.5. The first-order valence-corrected chi connectivity index (χ1v) is 17.6. The molecule has 3 aromatic rings. The molecule has 1 unspecified atom stereocenters. The lowest BCUT2D eigenvalue weighted by atomic mass is 9.93. The molecule has 7 rings (SSSR count). The van der Waals surface area contributed by atoms with Crippen molar-refractivity contribution in [3.8, 4) is 0 Å². The first kappa shape index (κ1) is 37.6. The molecule has 4 aliphatic heterocycles. The third-order valence-electron chi connectivity index (χ3n) is 9.67. The van der Waals surface area contributed by atoms with Crippen molar-refractivity contribution in [2.45, 2.75) is 88.1 Å². The molecule has 0 spiro atoms. The summed E-state index contributed by atoms with van der Waals surface area (Å²) in [6, 6.07) is 23.5. The number of aliphatic hydroxyl groups excluding tert-OH is 1. The number of carbonyl (C=O) groups is 3. The van der Waals surface area contributed by atoms with Gasteiger partial charge in [-0.2, -0.15) is 0 Å². The second-order valence-corrected chi connectivity index (χ2v) is 13.2. The number of azide groups is 1. The van der Waals surface area contributed by atoms with E-state index in [9.17, 15) is 19.5 Å². The highest BCUT2D eigenvalue weighted by Crippen LogP contribution is 2.41. The van der Waals surface area contributed by atoms with Gasteiger partial charge in [0.1, 0.15) is 36.6 Å². The normalized spacial score (nSPS) is 32.0. The molecular weight excluding hydrogens is 704 g/mol. The van der Waals surface area contributed by atoms with Gasteiger partial charge in [-0.1, -0.05) is 77.9 Å². The third kappa shape index (κ3) is 7.75. The minimum absolute atomic E-state index is 0.00213. The van der Waals surface area contributed by atoms with Gasteiger partial charge in [0, 0.05) is 23.9 Å². The lowest BCUT2D eigenvalue weighted by molar-refractivity contribution is -0.383. The SMILES string of the molecule is CC(=O)O[C@H]1[C@@H](O)[C@H](OCc2ccccc2)[C@H](O[C@H]2[C@@H]3OC(c4ccccc4)OC[C@H]3O[C@@H](OCCN=[N+]=[N-])[C@@H]2N2C(=O)c3ccccc3C2=O)O[C@H]1C. The van der Waals surface area contributed by atoms with Crippen LogP contribution in [-0.4, -0.2) is 109 Å². The van der Waals surface area contributed by atoms with Crippen molar-refractivity contribution < 1.29 is 57.4 Å². The van der Waals surface area contributed by atoms with Gasteiger partial charge in [0.2, 0.25) is 0 Å². The van der Waals surface area contributed by atoms with E-state index in [0.717, 1.165) is 10.5 Å². The van der Waals surface area contributed by atoms with Crippen LogP contribution < -0.4 is 0 Å². The summed E-state index contributed by atoms with van der Waals surface area (Å²) in [5.41, 5.74) is 10.7. The molecule has 3 saturated heterocycles. The Hall–Kier alpha value is -4.74. The van der Waals surface area contributed by atoms with Crippen molar-refractivity contribution in [1.82, 2.24) is 4.90 Å². The fourth-order valence-electron chi connectivity index (χ4n) is 7.19. The van der Waals surface area contributed by atoms with Gasteiger partial charge < -0.3 is 43.0 Å². The van der Waals surface area contributed by atoms with Crippen LogP contribution in [0.4, 0.5) is 0 Å². The summed E-state index contributed by atoms with van der Waals surface area (Å²) >= 11 is 0. The molecule has 0 aromatic heterocycles. The minimum Gasteiger partial charge on any atom is -0.457 e. The molecule has 0 saturated carbocycles. The highest BCUT2D eigenvalue weighted by atomic mass is 16.8. The van der Waals surface area contributed by atoms with E-state index in [0.29, 0.717) is 5.56 Å². The Labute approximate surface area is 310 Å². The number of hydrogen-bond donors (Lipinski definition) is 1. The average Bonchev–Trinajstić information content (AvgIpc) is 3.43. The Morgan fingerprint density at radius 1 is 0.889 bits per heavy atom. The number of ether oxygens (including phenoxy) is 8. The zero-order chi connectivity index (χ0) is 37.8. The predicted octanol–water partition coefficient (Wildman–Crippen LogP) is 3.83. The van der Waals surface area contributed by atoms with E-state index in [4.69, 9.17) is 43.4 Å². The first-order valence-electron chi connectivity index (χ1n) is 17.6. The molecule has 1 N–H and O–H groups in total. The highest BCUT2D eigenvalue weighted by Gasteiger charge is 2.59. The molecule has 0 bridgehead atoms. The van der Waals surface area contributed by atoms with Crippen LogP contribution in [0.2, 0.25) is 0 Å². The van der Waals surface area contributed by atoms with Crippen LogP contribution in [0.15, 0.2) is 90.0 Å². The summed E-state index contributed by atoms with van der Waals surface area (Å²) in [6.07, 6.45) is -11.4. The van der Waals surface area contributed by atoms with Crippen LogP contribution in [0.25, 0.3) is 10.4 Å². The maximum atomic E-state index is 14.1. The smallest absolute Gasteiger partial charge is 0.303 e. The van der Waals surface area contributed by atoms with Crippen LogP contribution in [-0.2, 0) is 49.3 Å². The molecule has 0 radical (unpaired) electrons. The predicted molar refractivity (Wildman–Crippen MR) is 185 cm³/mol. The fraction of sp³-hybridized carbons (Fsp3) is 0.447. The van der Waals surface area contributed by atoms with E-state index in [1.54, 1.807) is 31.2 Å². The standard InChI is InChI=1S/C38H40N4O12/c1-21-30(51-22(2)43)29(44)33(48-19-23-11-5-3-6-12-23)38(50-21)54-32-28(42-34(45)25-15-9-10-16-26(25)35(42)46)37(47-18-17-40-41-39)52-27-20-49-36(53-31(27)32)24-13-7-4-8-14-24/h3-16,21,27-33,36-38,44H,17-20H2,1-2H3/t21-,27+,28+,29+,30+,31+,32+,33-,36?,37+,38-/m0/s1. The molecule has 16 heteroatoms. The van der Waals surface area contributed by atoms with E-state index in [2.05, 4.69) is 10.0 Å². The van der Waals surface area contributed by atoms with Crippen molar-refractivity contribution in [2.75, 3.05) is 19.8 Å². The van der Waals surface area contributed by atoms with Crippen molar-refractivity contribution >= 4 is 17.8 Å². The van der Waals surface area contributed by atoms with Gasteiger partial charge >= 0.3 is 5.97 Å². The van der Waals surface area contributed by atoms with Crippen LogP contribution in [0, 0.1) is 0 Å². The van der Waals surface area contributed by atoms with Crippen LogP contribution >= 0.6 is 0 Å². The van der Waals surface area contributed by atoms with Gasteiger partial charge in [0.05, 0.1) is 37.1 Å². The Balaban J connectivity index is 1.29. The van der Waals surface area contributed by atoms with E-state index in [-0.39, 0.29) is 37.5 Å². The number of carbonyl (C=O) groups excluding carboxylic acids is 3. The van der Waals surface area contributed by atoms with Crippen molar-refractivity contribution in [2.24, 2.45) is 5.11 Å². The molecule has 3 aromatic carbocycles. The Morgan fingerprint density at radius 2 is 1.56 bits per heavy atom. The van der Waals surface area contributed by atoms with E-state index < -0.39 is 85.4 Å². The van der Waals surface area contributed by atoms with Crippen LogP contribution in [0.5, 0.6) is 0 Å². The number of benzene rings is 3. The number of rotatable bonds is 12. The van der Waals surface area contributed by atoms with Gasteiger partial charge in [0.25, 0.3) is 11.8 Å². The molecule has 3 fully saturated rings. The molecule has 0 aliphatic carbocycles. The van der Waals surface area contributed by atoms with Crippen molar-refractivity contribution in [3.63, 3.8) is 0 Å². The van der Waals surface area contributed by atoms with E-state index >= 15 is 0 Å². The second-order valence-electron chi connectivity index (χ2n) is 13.2. The summed E-state index contributed by atoms with van der Waals surface area (Å²) in [5.74, 6) is -1.86. The van der Waals surface area contributed by atoms with Crippen LogP contribution in [0.3, 0.4) is 0 Å². The molecule has 11 atom stereocenters. The largest absolute Gasteiger partial charge is 0.457 e. The first-order chi connectivity index (χ1) is 26.2. The summed E-state index contributed by atoms with van der Waals surface area (Å²) in [4.78, 5) is 44.2. The second kappa shape index (κ2) is 16.7. The number of nitrogens with zero attached hydrogens (tertiary/aromatic N) is 4. The van der Waals surface area contributed by atoms with Gasteiger partial charge in [-0.25, -0.2) is 0 Å². The maximum Gasteiger partial charge on any atom is 0.303 e. The Morgan fingerprint density at radius 3 is 2.22 bits per heavy atom. The molecule has 16 nitrogen and oxygen atoms in total. The average molecular weight is 745 g/mol.